The molecule has 0 aromatic heterocycles. The van der Waals surface area contributed by atoms with Crippen LogP contribution in [0.3, 0.4) is 0 Å². The molecule has 35 heavy (non-hydrogen) atoms. The van der Waals surface area contributed by atoms with Gasteiger partial charge in [-0.3, -0.25) is 10.1 Å². The number of aliphatic imine (C=N–C) groups is 1. The van der Waals surface area contributed by atoms with Crippen LogP contribution >= 0.6 is 45.2 Å². The number of hydrogen-bond acceptors (Lipinski definition) is 7. The number of nitro groups is 1. The third-order valence-corrected chi connectivity index (χ3v) is 6.33. The zero-order valence-corrected chi connectivity index (χ0v) is 22.7. The Balaban J connectivity index is 1.59. The van der Waals surface area contributed by atoms with Crippen LogP contribution in [0.25, 0.3) is 6.08 Å². The molecule has 3 aromatic carbocycles. The lowest BCUT2D eigenvalue weighted by Crippen LogP contribution is -2.05. The predicted molar refractivity (Wildman–Crippen MR) is 148 cm³/mol. The van der Waals surface area contributed by atoms with Gasteiger partial charge < -0.3 is 14.2 Å². The van der Waals surface area contributed by atoms with Gasteiger partial charge in [0.1, 0.15) is 6.61 Å². The summed E-state index contributed by atoms with van der Waals surface area (Å²) in [5.74, 6) is 0.666. The average molecular weight is 696 g/mol. The Hall–Kier alpha value is -3.00. The molecule has 4 rings (SSSR count). The number of cyclic esters (lactones) is 1. The largest absolute Gasteiger partial charge is 0.490 e. The molecule has 0 N–H and O–H groups in total. The van der Waals surface area contributed by atoms with Crippen LogP contribution in [-0.2, 0) is 16.1 Å². The molecule has 0 aliphatic carbocycles. The van der Waals surface area contributed by atoms with Crippen molar-refractivity contribution < 1.29 is 23.9 Å². The molecule has 1 aliphatic rings. The highest BCUT2D eigenvalue weighted by atomic mass is 127. The minimum Gasteiger partial charge on any atom is -0.490 e. The summed E-state index contributed by atoms with van der Waals surface area (Å²) in [6.45, 7) is 2.72. The number of hydrogen-bond donors (Lipinski definition) is 0. The first-order valence-corrected chi connectivity index (χ1v) is 12.6. The number of esters is 1. The van der Waals surface area contributed by atoms with Gasteiger partial charge >= 0.3 is 5.97 Å². The highest BCUT2D eigenvalue weighted by Gasteiger charge is 2.25. The van der Waals surface area contributed by atoms with Gasteiger partial charge in [-0.25, -0.2) is 9.79 Å². The molecule has 0 bridgehead atoms. The van der Waals surface area contributed by atoms with E-state index in [9.17, 15) is 14.9 Å². The molecule has 10 heteroatoms. The van der Waals surface area contributed by atoms with Crippen LogP contribution < -0.4 is 9.47 Å². The van der Waals surface area contributed by atoms with Crippen molar-refractivity contribution in [2.75, 3.05) is 6.61 Å². The lowest BCUT2D eigenvalue weighted by molar-refractivity contribution is -0.384. The second-order valence-corrected chi connectivity index (χ2v) is 9.73. The summed E-state index contributed by atoms with van der Waals surface area (Å²) in [6.07, 6.45) is 1.61. The summed E-state index contributed by atoms with van der Waals surface area (Å²) in [4.78, 5) is 27.1. The molecule has 0 spiro atoms. The van der Waals surface area contributed by atoms with Crippen molar-refractivity contribution in [2.45, 2.75) is 13.5 Å². The summed E-state index contributed by atoms with van der Waals surface area (Å²) in [7, 11) is 0. The summed E-state index contributed by atoms with van der Waals surface area (Å²) < 4.78 is 19.1. The maximum absolute atomic E-state index is 12.4. The maximum atomic E-state index is 12.4. The van der Waals surface area contributed by atoms with Crippen LogP contribution in [-0.4, -0.2) is 23.4 Å². The minimum absolute atomic E-state index is 0.0585. The fraction of sp³-hybridized carbons (Fsp3) is 0.120. The number of nitro benzene ring substituents is 1. The average Bonchev–Trinajstić information content (AvgIpc) is 3.19. The van der Waals surface area contributed by atoms with Gasteiger partial charge in [-0.2, -0.15) is 0 Å². The number of carbonyl (C=O) groups is 1. The van der Waals surface area contributed by atoms with E-state index in [0.29, 0.717) is 35.8 Å². The Labute approximate surface area is 228 Å². The molecule has 0 amide bonds. The van der Waals surface area contributed by atoms with E-state index in [-0.39, 0.29) is 17.3 Å². The van der Waals surface area contributed by atoms with Crippen LogP contribution in [0.5, 0.6) is 11.5 Å². The van der Waals surface area contributed by atoms with Crippen LogP contribution in [0.1, 0.15) is 23.6 Å². The smallest absolute Gasteiger partial charge is 0.363 e. The van der Waals surface area contributed by atoms with Gasteiger partial charge in [0.15, 0.2) is 17.2 Å². The van der Waals surface area contributed by atoms with E-state index in [2.05, 4.69) is 56.2 Å². The molecular weight excluding hydrogens is 678 g/mol. The Kier molecular flexibility index (Phi) is 8.00. The van der Waals surface area contributed by atoms with Gasteiger partial charge in [0.05, 0.1) is 15.1 Å². The number of ether oxygens (including phenoxy) is 3. The van der Waals surface area contributed by atoms with Crippen molar-refractivity contribution >= 4 is 68.8 Å². The van der Waals surface area contributed by atoms with Crippen LogP contribution in [0, 0.1) is 17.3 Å². The highest BCUT2D eigenvalue weighted by molar-refractivity contribution is 14.1. The summed E-state index contributed by atoms with van der Waals surface area (Å²) in [6, 6.07) is 17.4. The molecular formula is C25H18I2N2O6. The fourth-order valence-electron chi connectivity index (χ4n) is 3.27. The Morgan fingerprint density at radius 1 is 1.09 bits per heavy atom. The third kappa shape index (κ3) is 6.17. The van der Waals surface area contributed by atoms with Crippen molar-refractivity contribution in [1.29, 1.82) is 0 Å². The van der Waals surface area contributed by atoms with Crippen molar-refractivity contribution in [3.05, 3.63) is 100 Å². The van der Waals surface area contributed by atoms with Crippen molar-refractivity contribution in [3.8, 4) is 11.5 Å². The topological polar surface area (TPSA) is 100 Å². The van der Waals surface area contributed by atoms with Gasteiger partial charge in [-0.1, -0.05) is 12.1 Å². The Bertz CT molecular complexity index is 1350. The zero-order valence-electron chi connectivity index (χ0n) is 18.4. The lowest BCUT2D eigenvalue weighted by atomic mass is 10.1. The fourth-order valence-corrected chi connectivity index (χ4v) is 4.66. The number of benzene rings is 3. The van der Waals surface area contributed by atoms with Gasteiger partial charge in [0.2, 0.25) is 5.90 Å². The van der Waals surface area contributed by atoms with Crippen molar-refractivity contribution in [2.24, 2.45) is 4.99 Å². The zero-order chi connectivity index (χ0) is 24.9. The lowest BCUT2D eigenvalue weighted by Gasteiger charge is -2.15. The van der Waals surface area contributed by atoms with Gasteiger partial charge in [0.25, 0.3) is 5.69 Å². The molecule has 1 aliphatic heterocycles. The van der Waals surface area contributed by atoms with Crippen LogP contribution in [0.4, 0.5) is 5.69 Å². The summed E-state index contributed by atoms with van der Waals surface area (Å²) in [5.41, 5.74) is 2.26. The van der Waals surface area contributed by atoms with Gasteiger partial charge in [-0.15, -0.1) is 0 Å². The molecule has 178 valence electrons. The van der Waals surface area contributed by atoms with Crippen molar-refractivity contribution in [3.63, 3.8) is 0 Å². The summed E-state index contributed by atoms with van der Waals surface area (Å²) >= 11 is 4.43. The third-order valence-electron chi connectivity index (χ3n) is 4.85. The van der Waals surface area contributed by atoms with E-state index in [1.54, 1.807) is 12.1 Å². The number of carbonyl (C=O) groups excluding carboxylic acids is 1. The number of non-ortho nitro benzene ring substituents is 1. The highest BCUT2D eigenvalue weighted by Crippen LogP contribution is 2.36. The standard InChI is InChI=1S/C25H18I2N2O6/c1-2-33-22-13-16(11-20(27)23(22)34-14-15-4-3-5-18(26)10-15)12-21-25(30)35-24(28-21)17-6-8-19(9-7-17)29(31)32/h3-13H,2,14H2,1H3/b21-12-. The summed E-state index contributed by atoms with van der Waals surface area (Å²) in [5, 5.41) is 10.9. The first-order chi connectivity index (χ1) is 16.8. The maximum Gasteiger partial charge on any atom is 0.363 e. The molecule has 0 saturated carbocycles. The Morgan fingerprint density at radius 2 is 1.86 bits per heavy atom. The second-order valence-electron chi connectivity index (χ2n) is 7.32. The van der Waals surface area contributed by atoms with E-state index in [1.807, 2.05) is 31.2 Å². The molecule has 0 atom stereocenters. The molecule has 0 saturated heterocycles. The number of rotatable bonds is 8. The van der Waals surface area contributed by atoms with E-state index < -0.39 is 10.9 Å². The van der Waals surface area contributed by atoms with Crippen LogP contribution in [0.2, 0.25) is 0 Å². The molecule has 0 fully saturated rings. The van der Waals surface area contributed by atoms with Gasteiger partial charge in [0, 0.05) is 21.3 Å². The quantitative estimate of drug-likeness (QED) is 0.0925. The Morgan fingerprint density at radius 3 is 2.54 bits per heavy atom. The molecule has 0 unspecified atom stereocenters. The van der Waals surface area contributed by atoms with E-state index in [4.69, 9.17) is 14.2 Å². The molecule has 0 radical (unpaired) electrons. The molecule has 1 heterocycles. The van der Waals surface area contributed by atoms with Crippen molar-refractivity contribution in [1.82, 2.24) is 0 Å². The first kappa shape index (κ1) is 25.1. The predicted octanol–water partition coefficient (Wildman–Crippen LogP) is 6.13. The SMILES string of the molecule is CCOc1cc(/C=C2\N=C(c3ccc([N+](=O)[O-])cc3)OC2=O)cc(I)c1OCc1cccc(I)c1. The van der Waals surface area contributed by atoms with E-state index >= 15 is 0 Å². The minimum atomic E-state index is -0.606. The number of halogens is 2. The monoisotopic (exact) mass is 696 g/mol. The van der Waals surface area contributed by atoms with Gasteiger partial charge in [-0.05, 0) is 106 Å². The first-order valence-electron chi connectivity index (χ1n) is 10.4. The normalized spacial score (nSPS) is 14.0. The molecule has 8 nitrogen and oxygen atoms in total. The second kappa shape index (κ2) is 11.2. The van der Waals surface area contributed by atoms with Crippen LogP contribution in [0.15, 0.2) is 71.4 Å². The number of nitrogens with zero attached hydrogens (tertiary/aromatic N) is 2. The molecule has 3 aromatic rings. The van der Waals surface area contributed by atoms with E-state index in [0.717, 1.165) is 12.7 Å². The van der Waals surface area contributed by atoms with E-state index in [1.165, 1.54) is 24.3 Å².